The minimum atomic E-state index is -0.803. The van der Waals surface area contributed by atoms with Crippen molar-refractivity contribution in [1.29, 1.82) is 0 Å². The molecule has 1 aromatic rings. The van der Waals surface area contributed by atoms with Crippen LogP contribution in [-0.2, 0) is 11.3 Å². The molecule has 5 nitrogen and oxygen atoms in total. The SMILES string of the molecule is COc1cc(CN(CCC(=O)O)C(C)(C)C)ccc1O. The van der Waals surface area contributed by atoms with Crippen LogP contribution in [0.25, 0.3) is 0 Å². The number of hydrogen-bond acceptors (Lipinski definition) is 4. The fourth-order valence-electron chi connectivity index (χ4n) is 1.92. The van der Waals surface area contributed by atoms with Crippen LogP contribution in [0.4, 0.5) is 0 Å². The van der Waals surface area contributed by atoms with Gasteiger partial charge in [-0.3, -0.25) is 9.69 Å². The first-order valence-electron chi connectivity index (χ1n) is 6.56. The van der Waals surface area contributed by atoms with Crippen LogP contribution in [0, 0.1) is 0 Å². The molecule has 1 aromatic carbocycles. The van der Waals surface area contributed by atoms with Gasteiger partial charge in [-0.25, -0.2) is 0 Å². The molecular weight excluding hydrogens is 258 g/mol. The average Bonchev–Trinajstić information content (AvgIpc) is 2.34. The molecule has 20 heavy (non-hydrogen) atoms. The third kappa shape index (κ3) is 4.74. The minimum absolute atomic E-state index is 0.101. The second kappa shape index (κ2) is 6.61. The van der Waals surface area contributed by atoms with Gasteiger partial charge in [0, 0.05) is 18.6 Å². The zero-order valence-corrected chi connectivity index (χ0v) is 12.5. The maximum absolute atomic E-state index is 10.7. The Kier molecular flexibility index (Phi) is 5.39. The first kappa shape index (κ1) is 16.3. The van der Waals surface area contributed by atoms with E-state index < -0.39 is 5.97 Å². The molecule has 0 radical (unpaired) electrons. The average molecular weight is 281 g/mol. The van der Waals surface area contributed by atoms with E-state index in [0.29, 0.717) is 18.8 Å². The molecule has 112 valence electrons. The van der Waals surface area contributed by atoms with E-state index in [1.165, 1.54) is 7.11 Å². The van der Waals surface area contributed by atoms with Gasteiger partial charge < -0.3 is 14.9 Å². The second-order valence-electron chi connectivity index (χ2n) is 5.74. The number of phenols is 1. The summed E-state index contributed by atoms with van der Waals surface area (Å²) in [5, 5.41) is 18.4. The van der Waals surface area contributed by atoms with E-state index in [0.717, 1.165) is 5.56 Å². The Morgan fingerprint density at radius 2 is 2.00 bits per heavy atom. The van der Waals surface area contributed by atoms with Gasteiger partial charge in [0.05, 0.1) is 13.5 Å². The first-order valence-corrected chi connectivity index (χ1v) is 6.56. The standard InChI is InChI=1S/C15H23NO4/c1-15(2,3)16(8-7-14(18)19)10-11-5-6-12(17)13(9-11)20-4/h5-6,9,17H,7-8,10H2,1-4H3,(H,18,19). The number of phenolic OH excluding ortho intramolecular Hbond substituents is 1. The van der Waals surface area contributed by atoms with E-state index in [9.17, 15) is 9.90 Å². The van der Waals surface area contributed by atoms with E-state index >= 15 is 0 Å². The third-order valence-corrected chi connectivity index (χ3v) is 3.16. The van der Waals surface area contributed by atoms with Crippen molar-refractivity contribution in [1.82, 2.24) is 4.90 Å². The van der Waals surface area contributed by atoms with Crippen LogP contribution >= 0.6 is 0 Å². The number of carboxylic acids is 1. The van der Waals surface area contributed by atoms with Gasteiger partial charge in [0.25, 0.3) is 0 Å². The van der Waals surface area contributed by atoms with Crippen LogP contribution in [0.1, 0.15) is 32.8 Å². The van der Waals surface area contributed by atoms with E-state index in [2.05, 4.69) is 4.90 Å². The highest BCUT2D eigenvalue weighted by Crippen LogP contribution is 2.28. The highest BCUT2D eigenvalue weighted by molar-refractivity contribution is 5.66. The summed E-state index contributed by atoms with van der Waals surface area (Å²) >= 11 is 0. The van der Waals surface area contributed by atoms with Crippen molar-refractivity contribution in [3.05, 3.63) is 23.8 Å². The fraction of sp³-hybridized carbons (Fsp3) is 0.533. The largest absolute Gasteiger partial charge is 0.504 e. The van der Waals surface area contributed by atoms with E-state index in [4.69, 9.17) is 9.84 Å². The van der Waals surface area contributed by atoms with Gasteiger partial charge in [-0.05, 0) is 38.5 Å². The number of ether oxygens (including phenoxy) is 1. The summed E-state index contributed by atoms with van der Waals surface area (Å²) in [7, 11) is 1.50. The van der Waals surface area contributed by atoms with Crippen LogP contribution in [0.3, 0.4) is 0 Å². The van der Waals surface area contributed by atoms with Crippen LogP contribution in [0.2, 0.25) is 0 Å². The molecule has 0 saturated heterocycles. The van der Waals surface area contributed by atoms with Gasteiger partial charge in [0.15, 0.2) is 11.5 Å². The van der Waals surface area contributed by atoms with Crippen LogP contribution in [0.15, 0.2) is 18.2 Å². The van der Waals surface area contributed by atoms with Gasteiger partial charge in [-0.15, -0.1) is 0 Å². The quantitative estimate of drug-likeness (QED) is 0.838. The Hall–Kier alpha value is -1.75. The fourth-order valence-corrected chi connectivity index (χ4v) is 1.92. The third-order valence-electron chi connectivity index (χ3n) is 3.16. The molecule has 1 rings (SSSR count). The highest BCUT2D eigenvalue weighted by Gasteiger charge is 2.22. The molecule has 0 amide bonds. The summed E-state index contributed by atoms with van der Waals surface area (Å²) in [6.07, 6.45) is 0.104. The number of benzene rings is 1. The van der Waals surface area contributed by atoms with Crippen LogP contribution in [-0.4, -0.2) is 40.3 Å². The lowest BCUT2D eigenvalue weighted by Gasteiger charge is -2.35. The molecule has 0 spiro atoms. The number of nitrogens with zero attached hydrogens (tertiary/aromatic N) is 1. The van der Waals surface area contributed by atoms with Crippen molar-refractivity contribution in [2.75, 3.05) is 13.7 Å². The lowest BCUT2D eigenvalue weighted by Crippen LogP contribution is -2.42. The van der Waals surface area contributed by atoms with E-state index in [-0.39, 0.29) is 17.7 Å². The lowest BCUT2D eigenvalue weighted by atomic mass is 10.0. The summed E-state index contributed by atoms with van der Waals surface area (Å²) in [6.45, 7) is 7.22. The number of methoxy groups -OCH3 is 1. The van der Waals surface area contributed by atoms with Crippen molar-refractivity contribution in [2.45, 2.75) is 39.3 Å². The summed E-state index contributed by atoms with van der Waals surface area (Å²) < 4.78 is 5.09. The highest BCUT2D eigenvalue weighted by atomic mass is 16.5. The molecule has 0 aliphatic heterocycles. The minimum Gasteiger partial charge on any atom is -0.504 e. The summed E-state index contributed by atoms with van der Waals surface area (Å²) in [4.78, 5) is 12.8. The zero-order valence-electron chi connectivity index (χ0n) is 12.5. The number of aliphatic carboxylic acids is 1. The smallest absolute Gasteiger partial charge is 0.304 e. The van der Waals surface area contributed by atoms with Crippen LogP contribution < -0.4 is 4.74 Å². The van der Waals surface area contributed by atoms with Crippen molar-refractivity contribution >= 4 is 5.97 Å². The molecule has 0 bridgehead atoms. The maximum Gasteiger partial charge on any atom is 0.304 e. The topological polar surface area (TPSA) is 70.0 Å². The summed E-state index contributed by atoms with van der Waals surface area (Å²) in [5.74, 6) is -0.277. The Morgan fingerprint density at radius 1 is 1.35 bits per heavy atom. The number of carbonyl (C=O) groups is 1. The van der Waals surface area contributed by atoms with Gasteiger partial charge in [-0.2, -0.15) is 0 Å². The molecule has 0 aliphatic rings. The lowest BCUT2D eigenvalue weighted by molar-refractivity contribution is -0.137. The number of carboxylic acid groups (broad SMARTS) is 1. The molecule has 2 N–H and O–H groups in total. The van der Waals surface area contributed by atoms with Gasteiger partial charge >= 0.3 is 5.97 Å². The number of aromatic hydroxyl groups is 1. The Balaban J connectivity index is 2.86. The molecule has 0 fully saturated rings. The molecule has 0 heterocycles. The summed E-state index contributed by atoms with van der Waals surface area (Å²) in [6, 6.07) is 5.18. The predicted molar refractivity (Wildman–Crippen MR) is 77.1 cm³/mol. The second-order valence-corrected chi connectivity index (χ2v) is 5.74. The van der Waals surface area contributed by atoms with Crippen molar-refractivity contribution < 1.29 is 19.7 Å². The van der Waals surface area contributed by atoms with Gasteiger partial charge in [0.2, 0.25) is 0 Å². The Morgan fingerprint density at radius 3 is 2.50 bits per heavy atom. The van der Waals surface area contributed by atoms with Crippen molar-refractivity contribution in [2.24, 2.45) is 0 Å². The Bertz CT molecular complexity index is 465. The molecule has 5 heteroatoms. The molecule has 0 aliphatic carbocycles. The monoisotopic (exact) mass is 281 g/mol. The molecule has 0 unspecified atom stereocenters. The number of rotatable bonds is 6. The zero-order chi connectivity index (χ0) is 15.3. The molecule has 0 atom stereocenters. The van der Waals surface area contributed by atoms with Crippen molar-refractivity contribution in [3.8, 4) is 11.5 Å². The predicted octanol–water partition coefficient (Wildman–Crippen LogP) is 2.48. The molecule has 0 saturated carbocycles. The summed E-state index contributed by atoms with van der Waals surface area (Å²) in [5.41, 5.74) is 0.834. The van der Waals surface area contributed by atoms with Crippen LogP contribution in [0.5, 0.6) is 11.5 Å². The van der Waals surface area contributed by atoms with E-state index in [1.54, 1.807) is 12.1 Å². The number of hydrogen-bond donors (Lipinski definition) is 2. The Labute approximate surface area is 119 Å². The van der Waals surface area contributed by atoms with Gasteiger partial charge in [0.1, 0.15) is 0 Å². The van der Waals surface area contributed by atoms with Gasteiger partial charge in [-0.1, -0.05) is 6.07 Å². The maximum atomic E-state index is 10.7. The first-order chi connectivity index (χ1) is 9.24. The molecule has 0 aromatic heterocycles. The van der Waals surface area contributed by atoms with E-state index in [1.807, 2.05) is 26.8 Å². The normalized spacial score (nSPS) is 11.7. The van der Waals surface area contributed by atoms with Crippen molar-refractivity contribution in [3.63, 3.8) is 0 Å². The molecular formula is C15H23NO4.